The van der Waals surface area contributed by atoms with Crippen molar-refractivity contribution >= 4 is 22.4 Å². The third kappa shape index (κ3) is 2.33. The van der Waals surface area contributed by atoms with Crippen molar-refractivity contribution in [1.82, 2.24) is 0 Å². The highest BCUT2D eigenvalue weighted by molar-refractivity contribution is 7.85. The minimum atomic E-state index is -2.18. The average Bonchev–Trinajstić information content (AvgIpc) is 2.53. The Hall–Kier alpha value is -0.450. The molecule has 0 bridgehead atoms. The summed E-state index contributed by atoms with van der Waals surface area (Å²) in [5, 5.41) is 7.05. The molecule has 2 nitrogen and oxygen atoms in total. The number of benzene rings is 1. The quantitative estimate of drug-likeness (QED) is 0.851. The first-order valence-corrected chi connectivity index (χ1v) is 7.46. The summed E-state index contributed by atoms with van der Waals surface area (Å²) in [6.07, 6.45) is -1.07. The Labute approximate surface area is 114 Å². The Bertz CT molecular complexity index is 461. The van der Waals surface area contributed by atoms with Gasteiger partial charge in [-0.3, -0.25) is 4.21 Å². The van der Waals surface area contributed by atoms with Crippen LogP contribution in [0, 0.1) is 12.8 Å². The Kier molecular flexibility index (Phi) is 3.81. The van der Waals surface area contributed by atoms with Gasteiger partial charge in [0.15, 0.2) is 0 Å². The first kappa shape index (κ1) is 14.0. The van der Waals surface area contributed by atoms with E-state index >= 15 is 0 Å². The molecule has 0 heterocycles. The second kappa shape index (κ2) is 4.91. The van der Waals surface area contributed by atoms with Gasteiger partial charge in [0, 0.05) is 10.8 Å². The number of hydrogen-bond acceptors (Lipinski definition) is 2. The van der Waals surface area contributed by atoms with Crippen molar-refractivity contribution in [3.8, 4) is 0 Å². The molecule has 0 amide bonds. The molecule has 0 spiro atoms. The normalized spacial score (nSPS) is 37.7. The van der Waals surface area contributed by atoms with Crippen molar-refractivity contribution in [3.05, 3.63) is 29.8 Å². The Morgan fingerprint density at radius 1 is 1.44 bits per heavy atom. The molecular weight excluding hydrogens is 275 g/mol. The molecule has 0 saturated heterocycles. The van der Waals surface area contributed by atoms with Crippen LogP contribution in [0.2, 0.25) is 0 Å². The maximum Gasteiger partial charge on any atom is 0.212 e. The number of aliphatic hydroxyl groups excluding tert-OH is 1. The maximum atomic E-state index is 14.0. The molecular formula is C13H16ClFO2S. The minimum absolute atomic E-state index is 0.321. The predicted octanol–water partition coefficient (Wildman–Crippen LogP) is 2.78. The van der Waals surface area contributed by atoms with Gasteiger partial charge >= 0.3 is 0 Å². The molecule has 1 aliphatic rings. The van der Waals surface area contributed by atoms with Crippen LogP contribution in [0.5, 0.6) is 0 Å². The molecule has 5 heteroatoms. The van der Waals surface area contributed by atoms with E-state index in [1.807, 2.05) is 19.1 Å². The number of halogens is 2. The van der Waals surface area contributed by atoms with Crippen LogP contribution in [0.3, 0.4) is 0 Å². The van der Waals surface area contributed by atoms with Crippen LogP contribution in [0.15, 0.2) is 29.2 Å². The van der Waals surface area contributed by atoms with Crippen molar-refractivity contribution in [3.63, 3.8) is 0 Å². The van der Waals surface area contributed by atoms with E-state index in [0.717, 1.165) is 5.56 Å². The lowest BCUT2D eigenvalue weighted by molar-refractivity contribution is 0.0588. The number of rotatable bonds is 2. The fraction of sp³-hybridized carbons (Fsp3) is 0.538. The van der Waals surface area contributed by atoms with Crippen LogP contribution in [-0.2, 0) is 10.8 Å². The minimum Gasteiger partial charge on any atom is -0.387 e. The molecule has 0 aliphatic heterocycles. The molecule has 1 aromatic carbocycles. The topological polar surface area (TPSA) is 37.3 Å². The molecule has 1 N–H and O–H groups in total. The van der Waals surface area contributed by atoms with Gasteiger partial charge in [0.25, 0.3) is 0 Å². The van der Waals surface area contributed by atoms with Crippen molar-refractivity contribution in [2.24, 2.45) is 5.92 Å². The molecule has 18 heavy (non-hydrogen) atoms. The number of aryl methyl sites for hydroxylation is 1. The summed E-state index contributed by atoms with van der Waals surface area (Å²) < 4.78 is 26.3. The van der Waals surface area contributed by atoms with Crippen LogP contribution >= 0.6 is 11.6 Å². The highest BCUT2D eigenvalue weighted by Crippen LogP contribution is 2.45. The van der Waals surface area contributed by atoms with E-state index in [1.165, 1.54) is 0 Å². The van der Waals surface area contributed by atoms with Gasteiger partial charge in [-0.25, -0.2) is 4.39 Å². The summed E-state index contributed by atoms with van der Waals surface area (Å²) in [5.41, 5.74) is 1.06. The van der Waals surface area contributed by atoms with Gasteiger partial charge in [0.05, 0.1) is 16.0 Å². The maximum absolute atomic E-state index is 14.0. The second-order valence-corrected chi connectivity index (χ2v) is 7.16. The van der Waals surface area contributed by atoms with E-state index in [9.17, 15) is 13.7 Å². The third-order valence-corrected chi connectivity index (χ3v) is 5.85. The zero-order valence-electron chi connectivity index (χ0n) is 10.3. The van der Waals surface area contributed by atoms with Crippen LogP contribution in [-0.4, -0.2) is 25.8 Å². The number of hydrogen-bond donors (Lipinski definition) is 1. The summed E-state index contributed by atoms with van der Waals surface area (Å²) in [5.74, 6) is -0.506. The SMILES string of the molecule is Cc1ccc([S@](=O)[C@@H]2C[C@H](C)[C@](F)(Cl)[C@@H]2O)cc1. The largest absolute Gasteiger partial charge is 0.387 e. The van der Waals surface area contributed by atoms with Gasteiger partial charge in [-0.1, -0.05) is 36.2 Å². The highest BCUT2D eigenvalue weighted by Gasteiger charge is 2.54. The fourth-order valence-corrected chi connectivity index (χ4v) is 4.19. The Balaban J connectivity index is 2.23. The lowest BCUT2D eigenvalue weighted by atomic mass is 10.1. The zero-order chi connectivity index (χ0) is 13.5. The number of alkyl halides is 2. The van der Waals surface area contributed by atoms with Gasteiger partial charge in [-0.15, -0.1) is 0 Å². The van der Waals surface area contributed by atoms with Crippen molar-refractivity contribution in [1.29, 1.82) is 0 Å². The van der Waals surface area contributed by atoms with Crippen molar-refractivity contribution < 1.29 is 13.7 Å². The molecule has 0 radical (unpaired) electrons. The molecule has 1 saturated carbocycles. The van der Waals surface area contributed by atoms with Crippen LogP contribution in [0.25, 0.3) is 0 Å². The monoisotopic (exact) mass is 290 g/mol. The molecule has 2 rings (SSSR count). The van der Waals surface area contributed by atoms with Gasteiger partial charge in [0.2, 0.25) is 5.13 Å². The smallest absolute Gasteiger partial charge is 0.212 e. The average molecular weight is 291 g/mol. The molecule has 5 atom stereocenters. The Morgan fingerprint density at radius 3 is 2.44 bits per heavy atom. The molecule has 0 aromatic heterocycles. The van der Waals surface area contributed by atoms with E-state index in [-0.39, 0.29) is 0 Å². The predicted molar refractivity (Wildman–Crippen MR) is 70.9 cm³/mol. The van der Waals surface area contributed by atoms with E-state index in [4.69, 9.17) is 11.6 Å². The summed E-state index contributed by atoms with van der Waals surface area (Å²) >= 11 is 5.67. The summed E-state index contributed by atoms with van der Waals surface area (Å²) in [6, 6.07) is 7.19. The van der Waals surface area contributed by atoms with Gasteiger partial charge in [0.1, 0.15) is 6.10 Å². The molecule has 100 valence electrons. The first-order chi connectivity index (χ1) is 8.34. The number of aliphatic hydroxyl groups is 1. The van der Waals surface area contributed by atoms with E-state index < -0.39 is 33.2 Å². The summed E-state index contributed by atoms with van der Waals surface area (Å²) in [4.78, 5) is 0.603. The molecule has 1 fully saturated rings. The van der Waals surface area contributed by atoms with Crippen molar-refractivity contribution in [2.45, 2.75) is 41.6 Å². The Morgan fingerprint density at radius 2 is 2.00 bits per heavy atom. The highest BCUT2D eigenvalue weighted by atomic mass is 35.5. The fourth-order valence-electron chi connectivity index (χ4n) is 2.23. The second-order valence-electron chi connectivity index (χ2n) is 4.91. The molecule has 1 aliphatic carbocycles. The van der Waals surface area contributed by atoms with Gasteiger partial charge < -0.3 is 5.11 Å². The molecule has 0 unspecified atom stereocenters. The van der Waals surface area contributed by atoms with Crippen LogP contribution in [0.4, 0.5) is 4.39 Å². The summed E-state index contributed by atoms with van der Waals surface area (Å²) in [7, 11) is -1.44. The standard InChI is InChI=1S/C13H16ClFO2S/c1-8-3-5-10(6-4-8)18(17)11-7-9(2)13(14,15)12(11)16/h3-6,9,11-12,16H,7H2,1-2H3/t9-,11+,12+,13+,18-/m0/s1. The van der Waals surface area contributed by atoms with Crippen LogP contribution in [0.1, 0.15) is 18.9 Å². The van der Waals surface area contributed by atoms with Gasteiger partial charge in [-0.05, 0) is 25.5 Å². The first-order valence-electron chi connectivity index (χ1n) is 5.87. The lowest BCUT2D eigenvalue weighted by Gasteiger charge is -2.21. The van der Waals surface area contributed by atoms with E-state index in [2.05, 4.69) is 0 Å². The van der Waals surface area contributed by atoms with E-state index in [0.29, 0.717) is 11.3 Å². The third-order valence-electron chi connectivity index (χ3n) is 3.52. The van der Waals surface area contributed by atoms with Crippen molar-refractivity contribution in [2.75, 3.05) is 0 Å². The molecule has 1 aromatic rings. The zero-order valence-corrected chi connectivity index (χ0v) is 11.8. The lowest BCUT2D eigenvalue weighted by Crippen LogP contribution is -2.37. The summed E-state index contributed by atoms with van der Waals surface area (Å²) in [6.45, 7) is 3.56. The van der Waals surface area contributed by atoms with Crippen LogP contribution < -0.4 is 0 Å². The van der Waals surface area contributed by atoms with Gasteiger partial charge in [-0.2, -0.15) is 0 Å². The van der Waals surface area contributed by atoms with E-state index in [1.54, 1.807) is 19.1 Å².